The van der Waals surface area contributed by atoms with E-state index >= 15 is 0 Å². The van der Waals surface area contributed by atoms with E-state index < -0.39 is 0 Å². The number of hydrogen-bond donors (Lipinski definition) is 0. The minimum atomic E-state index is 0.143. The Labute approximate surface area is 129 Å². The van der Waals surface area contributed by atoms with Gasteiger partial charge in [0.05, 0.1) is 24.4 Å². The van der Waals surface area contributed by atoms with E-state index in [0.29, 0.717) is 12.4 Å². The fourth-order valence-corrected chi connectivity index (χ4v) is 2.87. The van der Waals surface area contributed by atoms with Gasteiger partial charge in [0.25, 0.3) is 0 Å². The van der Waals surface area contributed by atoms with Crippen LogP contribution in [0.25, 0.3) is 0 Å². The number of aryl methyl sites for hydroxylation is 1. The van der Waals surface area contributed by atoms with Crippen LogP contribution in [0.4, 0.5) is 0 Å². The lowest BCUT2D eigenvalue weighted by Crippen LogP contribution is -2.05. The molecule has 0 radical (unpaired) electrons. The minimum absolute atomic E-state index is 0.143. The summed E-state index contributed by atoms with van der Waals surface area (Å²) in [6.07, 6.45) is 2.51. The van der Waals surface area contributed by atoms with E-state index in [-0.39, 0.29) is 5.78 Å². The number of carbonyl (C=O) groups excluding carboxylic acids is 1. The van der Waals surface area contributed by atoms with E-state index in [1.165, 1.54) is 0 Å². The fourth-order valence-electron chi connectivity index (χ4n) is 2.05. The van der Waals surface area contributed by atoms with Crippen LogP contribution in [0.5, 0.6) is 5.75 Å². The van der Waals surface area contributed by atoms with Crippen LogP contribution in [0.15, 0.2) is 41.0 Å². The molecular weight excluding hydrogens is 284 g/mol. The second-order valence-corrected chi connectivity index (χ2v) is 5.59. The van der Waals surface area contributed by atoms with Gasteiger partial charge in [-0.3, -0.25) is 4.79 Å². The van der Waals surface area contributed by atoms with Gasteiger partial charge in [-0.05, 0) is 49.2 Å². The maximum Gasteiger partial charge on any atom is 0.172 e. The molecule has 0 bridgehead atoms. The van der Waals surface area contributed by atoms with Crippen molar-refractivity contribution >= 4 is 17.5 Å². The number of ketones is 1. The van der Waals surface area contributed by atoms with Crippen LogP contribution < -0.4 is 4.74 Å². The number of carbonyl (C=O) groups is 1. The molecule has 0 aliphatic heterocycles. The van der Waals surface area contributed by atoms with Crippen molar-refractivity contribution in [2.45, 2.75) is 26.0 Å². The average molecular weight is 304 g/mol. The van der Waals surface area contributed by atoms with Crippen LogP contribution in [-0.4, -0.2) is 18.1 Å². The summed E-state index contributed by atoms with van der Waals surface area (Å²) in [7, 11) is 0. The quantitative estimate of drug-likeness (QED) is 0.679. The number of rotatable bonds is 8. The molecule has 0 saturated carbocycles. The standard InChI is InChI=1S/C17H20O3S/c1-3-13-10-14(7-8-17(13)19-4-2)16(18)12-21-11-15-6-5-9-20-15/h5-10H,3-4,11-12H2,1-2H3. The molecule has 0 saturated heterocycles. The number of benzene rings is 1. The largest absolute Gasteiger partial charge is 0.494 e. The zero-order valence-corrected chi connectivity index (χ0v) is 13.2. The highest BCUT2D eigenvalue weighted by Crippen LogP contribution is 2.22. The van der Waals surface area contributed by atoms with Crippen LogP contribution in [0.1, 0.15) is 35.5 Å². The Balaban J connectivity index is 1.95. The first-order valence-corrected chi connectivity index (χ1v) is 8.29. The Bertz CT molecular complexity index is 576. The average Bonchev–Trinajstić information content (AvgIpc) is 3.01. The molecule has 0 fully saturated rings. The fraction of sp³-hybridized carbons (Fsp3) is 0.353. The zero-order valence-electron chi connectivity index (χ0n) is 12.4. The van der Waals surface area contributed by atoms with Gasteiger partial charge >= 0.3 is 0 Å². The van der Waals surface area contributed by atoms with Crippen molar-refractivity contribution in [3.63, 3.8) is 0 Å². The lowest BCUT2D eigenvalue weighted by atomic mass is 10.1. The van der Waals surface area contributed by atoms with Gasteiger partial charge in [-0.2, -0.15) is 0 Å². The van der Waals surface area contributed by atoms with Crippen molar-refractivity contribution in [3.8, 4) is 5.75 Å². The second-order valence-electron chi connectivity index (χ2n) is 4.60. The topological polar surface area (TPSA) is 39.4 Å². The monoisotopic (exact) mass is 304 g/mol. The minimum Gasteiger partial charge on any atom is -0.494 e. The number of Topliss-reactive ketones (excluding diaryl/α,β-unsaturated/α-hetero) is 1. The highest BCUT2D eigenvalue weighted by molar-refractivity contribution is 7.99. The summed E-state index contributed by atoms with van der Waals surface area (Å²) in [5, 5.41) is 0. The van der Waals surface area contributed by atoms with E-state index in [1.54, 1.807) is 18.0 Å². The number of hydrogen-bond acceptors (Lipinski definition) is 4. The molecule has 0 unspecified atom stereocenters. The van der Waals surface area contributed by atoms with Gasteiger partial charge in [-0.1, -0.05) is 6.92 Å². The summed E-state index contributed by atoms with van der Waals surface area (Å²) in [4.78, 5) is 12.2. The van der Waals surface area contributed by atoms with Crippen molar-refractivity contribution in [1.82, 2.24) is 0 Å². The highest BCUT2D eigenvalue weighted by Gasteiger charge is 2.10. The number of ether oxygens (including phenoxy) is 1. The Morgan fingerprint density at radius 2 is 2.14 bits per heavy atom. The van der Waals surface area contributed by atoms with Gasteiger partial charge in [0, 0.05) is 5.56 Å². The molecule has 2 aromatic rings. The van der Waals surface area contributed by atoms with Crippen molar-refractivity contribution in [2.75, 3.05) is 12.4 Å². The predicted molar refractivity (Wildman–Crippen MR) is 86.2 cm³/mol. The van der Waals surface area contributed by atoms with Crippen LogP contribution in [0.3, 0.4) is 0 Å². The second kappa shape index (κ2) is 7.93. The summed E-state index contributed by atoms with van der Waals surface area (Å²) >= 11 is 1.57. The SMILES string of the molecule is CCOc1ccc(C(=O)CSCc2ccco2)cc1CC. The van der Waals surface area contributed by atoms with Gasteiger partial charge in [0.15, 0.2) is 5.78 Å². The molecule has 0 aliphatic rings. The number of furan rings is 1. The molecule has 1 heterocycles. The zero-order chi connectivity index (χ0) is 15.1. The summed E-state index contributed by atoms with van der Waals surface area (Å²) in [5.41, 5.74) is 1.83. The van der Waals surface area contributed by atoms with Crippen LogP contribution in [0.2, 0.25) is 0 Å². The molecule has 1 aromatic heterocycles. The highest BCUT2D eigenvalue weighted by atomic mass is 32.2. The summed E-state index contributed by atoms with van der Waals surface area (Å²) < 4.78 is 10.8. The molecule has 0 N–H and O–H groups in total. The molecule has 0 aliphatic carbocycles. The Hall–Kier alpha value is -1.68. The molecular formula is C17H20O3S. The van der Waals surface area contributed by atoms with E-state index in [0.717, 1.165) is 34.8 Å². The summed E-state index contributed by atoms with van der Waals surface area (Å²) in [6, 6.07) is 9.47. The molecule has 2 rings (SSSR count). The first-order chi connectivity index (χ1) is 10.2. The van der Waals surface area contributed by atoms with Crippen molar-refractivity contribution in [1.29, 1.82) is 0 Å². The maximum absolute atomic E-state index is 12.2. The first-order valence-electron chi connectivity index (χ1n) is 7.13. The van der Waals surface area contributed by atoms with Crippen LogP contribution in [-0.2, 0) is 12.2 Å². The molecule has 4 heteroatoms. The molecule has 1 aromatic carbocycles. The van der Waals surface area contributed by atoms with Gasteiger partial charge < -0.3 is 9.15 Å². The third kappa shape index (κ3) is 4.39. The lowest BCUT2D eigenvalue weighted by molar-refractivity contribution is 0.102. The molecule has 3 nitrogen and oxygen atoms in total. The lowest BCUT2D eigenvalue weighted by Gasteiger charge is -2.10. The first kappa shape index (κ1) is 15.7. The van der Waals surface area contributed by atoms with Gasteiger partial charge in [0.2, 0.25) is 0 Å². The molecule has 21 heavy (non-hydrogen) atoms. The van der Waals surface area contributed by atoms with Gasteiger partial charge in [-0.15, -0.1) is 11.8 Å². The van der Waals surface area contributed by atoms with E-state index in [2.05, 4.69) is 6.92 Å². The van der Waals surface area contributed by atoms with E-state index in [9.17, 15) is 4.79 Å². The maximum atomic E-state index is 12.2. The third-order valence-electron chi connectivity index (χ3n) is 3.12. The third-order valence-corrected chi connectivity index (χ3v) is 4.08. The molecule has 0 spiro atoms. The smallest absolute Gasteiger partial charge is 0.172 e. The summed E-state index contributed by atoms with van der Waals surface area (Å²) in [5.74, 6) is 3.09. The van der Waals surface area contributed by atoms with Crippen LogP contribution >= 0.6 is 11.8 Å². The predicted octanol–water partition coefficient (Wildman–Crippen LogP) is 4.36. The van der Waals surface area contributed by atoms with Crippen molar-refractivity contribution in [3.05, 3.63) is 53.5 Å². The molecule has 0 amide bonds. The molecule has 112 valence electrons. The Kier molecular flexibility index (Phi) is 5.93. The van der Waals surface area contributed by atoms with E-state index in [4.69, 9.17) is 9.15 Å². The normalized spacial score (nSPS) is 10.6. The van der Waals surface area contributed by atoms with E-state index in [1.807, 2.05) is 37.3 Å². The Morgan fingerprint density at radius 1 is 1.29 bits per heavy atom. The number of thioether (sulfide) groups is 1. The van der Waals surface area contributed by atoms with Crippen molar-refractivity contribution < 1.29 is 13.9 Å². The Morgan fingerprint density at radius 3 is 2.81 bits per heavy atom. The van der Waals surface area contributed by atoms with Crippen LogP contribution in [0, 0.1) is 0 Å². The van der Waals surface area contributed by atoms with Gasteiger partial charge in [0.1, 0.15) is 11.5 Å². The van der Waals surface area contributed by atoms with Gasteiger partial charge in [-0.25, -0.2) is 0 Å². The van der Waals surface area contributed by atoms with Crippen molar-refractivity contribution in [2.24, 2.45) is 0 Å². The summed E-state index contributed by atoms with van der Waals surface area (Å²) in [6.45, 7) is 4.67. The molecule has 0 atom stereocenters.